The van der Waals surface area contributed by atoms with Crippen molar-refractivity contribution in [1.29, 1.82) is 0 Å². The van der Waals surface area contributed by atoms with Gasteiger partial charge in [-0.2, -0.15) is 0 Å². The van der Waals surface area contributed by atoms with Crippen molar-refractivity contribution in [2.24, 2.45) is 5.14 Å². The molecule has 0 bridgehead atoms. The maximum absolute atomic E-state index is 11.9. The van der Waals surface area contributed by atoms with Crippen molar-refractivity contribution in [1.82, 2.24) is 15.2 Å². The van der Waals surface area contributed by atoms with E-state index in [1.54, 1.807) is 6.20 Å². The van der Waals surface area contributed by atoms with Crippen LogP contribution in [0.5, 0.6) is 0 Å². The zero-order valence-corrected chi connectivity index (χ0v) is 19.8. The Balaban J connectivity index is 1.73. The molecule has 0 fully saturated rings. The summed E-state index contributed by atoms with van der Waals surface area (Å²) in [5.41, 5.74) is 4.17. The molecule has 0 aliphatic heterocycles. The van der Waals surface area contributed by atoms with E-state index in [0.717, 1.165) is 27.5 Å². The van der Waals surface area contributed by atoms with Crippen molar-refractivity contribution < 1.29 is 8.42 Å². The number of hydrogen-bond donors (Lipinski definition) is 2. The number of primary sulfonamides is 1. The Morgan fingerprint density at radius 1 is 0.829 bits per heavy atom. The van der Waals surface area contributed by atoms with Gasteiger partial charge >= 0.3 is 0 Å². The minimum absolute atomic E-state index is 0.0178. The molecule has 0 saturated carbocycles. The Kier molecular flexibility index (Phi) is 5.98. The van der Waals surface area contributed by atoms with Crippen LogP contribution in [-0.2, 0) is 10.0 Å². The minimum Gasteiger partial charge on any atom is -0.362 e. The van der Waals surface area contributed by atoms with Gasteiger partial charge in [-0.3, -0.25) is 4.98 Å². The van der Waals surface area contributed by atoms with Gasteiger partial charge in [0.05, 0.1) is 6.04 Å². The smallest absolute Gasteiger partial charge is 0.239 e. The van der Waals surface area contributed by atoms with E-state index in [0.29, 0.717) is 17.1 Å². The Labute approximate surface area is 203 Å². The van der Waals surface area contributed by atoms with Crippen LogP contribution in [0.2, 0.25) is 0 Å². The third-order valence-corrected chi connectivity index (χ3v) is 6.74. The Morgan fingerprint density at radius 2 is 1.54 bits per heavy atom. The first-order chi connectivity index (χ1) is 16.9. The molecule has 0 unspecified atom stereocenters. The number of nitrogens with two attached hydrogens (primary N) is 1. The summed E-state index contributed by atoms with van der Waals surface area (Å²) < 4.78 is 23.8. The van der Waals surface area contributed by atoms with E-state index in [9.17, 15) is 8.42 Å². The van der Waals surface area contributed by atoms with Gasteiger partial charge in [0.2, 0.25) is 10.0 Å². The molecule has 0 aliphatic rings. The van der Waals surface area contributed by atoms with Crippen LogP contribution < -0.4 is 10.5 Å². The number of rotatable bonds is 6. The SMILES string of the molecule is C[C@@H](Nc1nnc(-c2cncc(S(N)(=O)=O)c2)c2cccc(-c3ccccc3)c12)c1ccccc1. The molecule has 174 valence electrons. The molecule has 2 aromatic heterocycles. The van der Waals surface area contributed by atoms with Crippen LogP contribution in [0.1, 0.15) is 18.5 Å². The molecule has 3 N–H and O–H groups in total. The van der Waals surface area contributed by atoms with Gasteiger partial charge in [-0.1, -0.05) is 78.9 Å². The summed E-state index contributed by atoms with van der Waals surface area (Å²) in [5.74, 6) is 0.634. The largest absolute Gasteiger partial charge is 0.362 e. The molecule has 0 amide bonds. The number of sulfonamides is 1. The van der Waals surface area contributed by atoms with E-state index in [4.69, 9.17) is 5.14 Å². The second-order valence-electron chi connectivity index (χ2n) is 8.22. The van der Waals surface area contributed by atoms with Crippen molar-refractivity contribution in [3.8, 4) is 22.4 Å². The fourth-order valence-corrected chi connectivity index (χ4v) is 4.61. The fourth-order valence-electron chi connectivity index (χ4n) is 4.12. The van der Waals surface area contributed by atoms with Gasteiger partial charge in [-0.15, -0.1) is 10.2 Å². The number of pyridine rings is 1. The maximum Gasteiger partial charge on any atom is 0.239 e. The van der Waals surface area contributed by atoms with Crippen LogP contribution in [-0.4, -0.2) is 23.6 Å². The van der Waals surface area contributed by atoms with Crippen LogP contribution >= 0.6 is 0 Å². The molecular formula is C27H23N5O2S. The number of anilines is 1. The third kappa shape index (κ3) is 4.62. The second-order valence-corrected chi connectivity index (χ2v) is 9.78. The van der Waals surface area contributed by atoms with E-state index < -0.39 is 10.0 Å². The van der Waals surface area contributed by atoms with Crippen LogP contribution in [0.3, 0.4) is 0 Å². The predicted molar refractivity (Wildman–Crippen MR) is 138 cm³/mol. The first-order valence-corrected chi connectivity index (χ1v) is 12.6. The van der Waals surface area contributed by atoms with Gasteiger partial charge in [0.1, 0.15) is 10.6 Å². The molecule has 8 heteroatoms. The van der Waals surface area contributed by atoms with E-state index in [1.165, 1.54) is 12.3 Å². The monoisotopic (exact) mass is 481 g/mol. The summed E-state index contributed by atoms with van der Waals surface area (Å²) >= 11 is 0. The van der Waals surface area contributed by atoms with Gasteiger partial charge in [0, 0.05) is 28.7 Å². The first kappa shape index (κ1) is 22.6. The first-order valence-electron chi connectivity index (χ1n) is 11.1. The number of benzene rings is 3. The summed E-state index contributed by atoms with van der Waals surface area (Å²) in [4.78, 5) is 4.00. The molecular weight excluding hydrogens is 458 g/mol. The lowest BCUT2D eigenvalue weighted by molar-refractivity contribution is 0.597. The van der Waals surface area contributed by atoms with Crippen LogP contribution in [0.25, 0.3) is 33.2 Å². The quantitative estimate of drug-likeness (QED) is 0.346. The van der Waals surface area contributed by atoms with Gasteiger partial charge in [-0.05, 0) is 29.7 Å². The minimum atomic E-state index is -3.92. The fraction of sp³-hybridized carbons (Fsp3) is 0.0741. The summed E-state index contributed by atoms with van der Waals surface area (Å²) in [6.07, 6.45) is 2.79. The second kappa shape index (κ2) is 9.25. The topological polar surface area (TPSA) is 111 Å². The van der Waals surface area contributed by atoms with Crippen LogP contribution in [0.15, 0.2) is 102 Å². The number of hydrogen-bond acceptors (Lipinski definition) is 6. The van der Waals surface area contributed by atoms with Crippen molar-refractivity contribution in [2.75, 3.05) is 5.32 Å². The van der Waals surface area contributed by atoms with Crippen LogP contribution in [0.4, 0.5) is 5.82 Å². The van der Waals surface area contributed by atoms with Crippen molar-refractivity contribution in [3.63, 3.8) is 0 Å². The highest BCUT2D eigenvalue weighted by Crippen LogP contribution is 2.38. The molecule has 0 spiro atoms. The standard InChI is InChI=1S/C27H23N5O2S/c1-18(19-9-4-2-5-10-19)30-27-25-23(20-11-6-3-7-12-20)13-8-14-24(25)26(31-32-27)21-15-22(17-29-16-21)35(28,33)34/h2-18H,1H3,(H,30,32)(H2,28,33,34)/t18-/m1/s1. The number of fused-ring (bicyclic) bond motifs is 1. The lowest BCUT2D eigenvalue weighted by Gasteiger charge is -2.19. The summed E-state index contributed by atoms with van der Waals surface area (Å²) in [6, 6.07) is 27.5. The average molecular weight is 482 g/mol. The summed E-state index contributed by atoms with van der Waals surface area (Å²) in [5, 5.41) is 19.6. The highest BCUT2D eigenvalue weighted by Gasteiger charge is 2.19. The Hall–Kier alpha value is -4.14. The molecule has 0 radical (unpaired) electrons. The molecule has 2 heterocycles. The van der Waals surface area contributed by atoms with Gasteiger partial charge < -0.3 is 5.32 Å². The Morgan fingerprint density at radius 3 is 2.26 bits per heavy atom. The normalized spacial score (nSPS) is 12.4. The number of nitrogens with one attached hydrogen (secondary N) is 1. The molecule has 1 atom stereocenters. The lowest BCUT2D eigenvalue weighted by atomic mass is 9.96. The van der Waals surface area contributed by atoms with Crippen molar-refractivity contribution in [3.05, 3.63) is 103 Å². The molecule has 5 rings (SSSR count). The average Bonchev–Trinajstić information content (AvgIpc) is 2.89. The van der Waals surface area contributed by atoms with E-state index in [2.05, 4.69) is 39.6 Å². The number of nitrogens with zero attached hydrogens (tertiary/aromatic N) is 3. The van der Waals surface area contributed by atoms with Gasteiger partial charge in [0.15, 0.2) is 5.82 Å². The highest BCUT2D eigenvalue weighted by atomic mass is 32.2. The van der Waals surface area contributed by atoms with Crippen LogP contribution in [0, 0.1) is 0 Å². The molecule has 3 aromatic carbocycles. The number of aromatic nitrogens is 3. The molecule has 0 saturated heterocycles. The predicted octanol–water partition coefficient (Wildman–Crippen LogP) is 5.18. The van der Waals surface area contributed by atoms with E-state index in [-0.39, 0.29) is 10.9 Å². The Bertz CT molecular complexity index is 1610. The third-order valence-electron chi connectivity index (χ3n) is 5.86. The molecule has 5 aromatic rings. The van der Waals surface area contributed by atoms with Gasteiger partial charge in [-0.25, -0.2) is 13.6 Å². The van der Waals surface area contributed by atoms with Crippen molar-refractivity contribution >= 4 is 26.6 Å². The zero-order valence-electron chi connectivity index (χ0n) is 19.0. The molecule has 7 nitrogen and oxygen atoms in total. The van der Waals surface area contributed by atoms with Gasteiger partial charge in [0.25, 0.3) is 0 Å². The van der Waals surface area contributed by atoms with E-state index in [1.807, 2.05) is 66.7 Å². The summed E-state index contributed by atoms with van der Waals surface area (Å²) in [7, 11) is -3.92. The molecule has 0 aliphatic carbocycles. The van der Waals surface area contributed by atoms with Crippen molar-refractivity contribution in [2.45, 2.75) is 17.9 Å². The highest BCUT2D eigenvalue weighted by molar-refractivity contribution is 7.89. The molecule has 35 heavy (non-hydrogen) atoms. The maximum atomic E-state index is 11.9. The lowest BCUT2D eigenvalue weighted by Crippen LogP contribution is -2.12. The zero-order chi connectivity index (χ0) is 24.4. The van der Waals surface area contributed by atoms with E-state index >= 15 is 0 Å². The summed E-state index contributed by atoms with van der Waals surface area (Å²) in [6.45, 7) is 2.07.